The summed E-state index contributed by atoms with van der Waals surface area (Å²) in [5, 5.41) is 0. The Morgan fingerprint density at radius 3 is 2.71 bits per heavy atom. The summed E-state index contributed by atoms with van der Waals surface area (Å²) in [4.78, 5) is 26.8. The molecule has 0 radical (unpaired) electrons. The maximum atomic E-state index is 11.6. The zero-order chi connectivity index (χ0) is 12.8. The highest BCUT2D eigenvalue weighted by Gasteiger charge is 2.20. The van der Waals surface area contributed by atoms with Crippen molar-refractivity contribution in [2.45, 2.75) is 13.0 Å². The monoisotopic (exact) mass is 238 g/mol. The smallest absolute Gasteiger partial charge is 0.356 e. The average molecular weight is 238 g/mol. The van der Waals surface area contributed by atoms with E-state index < -0.39 is 11.9 Å². The van der Waals surface area contributed by atoms with Gasteiger partial charge in [-0.3, -0.25) is 4.79 Å². The van der Waals surface area contributed by atoms with Crippen molar-refractivity contribution in [1.29, 1.82) is 0 Å². The van der Waals surface area contributed by atoms with Crippen LogP contribution in [0.2, 0.25) is 0 Å². The predicted molar refractivity (Wildman–Crippen MR) is 59.5 cm³/mol. The second-order valence-corrected chi connectivity index (χ2v) is 3.23. The highest BCUT2D eigenvalue weighted by Crippen LogP contribution is 2.11. The van der Waals surface area contributed by atoms with E-state index in [9.17, 15) is 9.59 Å². The van der Waals surface area contributed by atoms with Gasteiger partial charge in [0.2, 0.25) is 0 Å². The summed E-state index contributed by atoms with van der Waals surface area (Å²) in [6, 6.07) is 0. The van der Waals surface area contributed by atoms with Crippen LogP contribution in [0.3, 0.4) is 0 Å². The molecule has 0 unspecified atom stereocenters. The molecule has 0 aliphatic carbocycles. The number of imidazole rings is 1. The fourth-order valence-electron chi connectivity index (χ4n) is 1.37. The van der Waals surface area contributed by atoms with Crippen LogP contribution in [0, 0.1) is 0 Å². The fraction of sp³-hybridized carbons (Fsp3) is 0.364. The van der Waals surface area contributed by atoms with Crippen LogP contribution in [0.4, 0.5) is 0 Å². The number of hydrogen-bond donors (Lipinski definition) is 0. The zero-order valence-electron chi connectivity index (χ0n) is 9.80. The molecule has 1 heterocycles. The molecule has 6 nitrogen and oxygen atoms in total. The lowest BCUT2D eigenvalue weighted by Crippen LogP contribution is -2.14. The topological polar surface area (TPSA) is 70.4 Å². The molecule has 0 N–H and O–H groups in total. The first kappa shape index (κ1) is 13.0. The number of hydrogen-bond acceptors (Lipinski definition) is 5. The Balaban J connectivity index is 3.08. The van der Waals surface area contributed by atoms with E-state index >= 15 is 0 Å². The van der Waals surface area contributed by atoms with Gasteiger partial charge >= 0.3 is 11.9 Å². The van der Waals surface area contributed by atoms with Crippen LogP contribution in [-0.4, -0.2) is 35.7 Å². The second-order valence-electron chi connectivity index (χ2n) is 3.23. The van der Waals surface area contributed by atoms with E-state index in [0.29, 0.717) is 12.2 Å². The van der Waals surface area contributed by atoms with Gasteiger partial charge in [-0.1, -0.05) is 6.08 Å². The van der Waals surface area contributed by atoms with E-state index in [1.165, 1.54) is 20.5 Å². The number of ether oxygens (including phenoxy) is 2. The van der Waals surface area contributed by atoms with E-state index in [1.807, 2.05) is 0 Å². The van der Waals surface area contributed by atoms with Gasteiger partial charge in [-0.25, -0.2) is 9.78 Å². The number of carbonyl (C=O) groups is 2. The predicted octanol–water partition coefficient (Wildman–Crippen LogP) is 0.571. The highest BCUT2D eigenvalue weighted by atomic mass is 16.5. The van der Waals surface area contributed by atoms with E-state index in [2.05, 4.69) is 21.0 Å². The first-order chi connectivity index (χ1) is 8.13. The van der Waals surface area contributed by atoms with Crippen LogP contribution in [-0.2, 0) is 27.2 Å². The standard InChI is InChI=1S/C11H14N2O4/c1-4-5-13-7-12-8(6-9(14)16-2)10(13)11(15)17-3/h4,7H,1,5-6H2,2-3H3. The Bertz CT molecular complexity index is 437. The van der Waals surface area contributed by atoms with Crippen LogP contribution < -0.4 is 0 Å². The molecule has 6 heteroatoms. The number of methoxy groups -OCH3 is 2. The van der Waals surface area contributed by atoms with Gasteiger partial charge < -0.3 is 14.0 Å². The zero-order valence-corrected chi connectivity index (χ0v) is 9.80. The molecular weight excluding hydrogens is 224 g/mol. The minimum atomic E-state index is -0.539. The Morgan fingerprint density at radius 2 is 2.18 bits per heavy atom. The van der Waals surface area contributed by atoms with E-state index in [1.54, 1.807) is 10.6 Å². The average Bonchev–Trinajstić information content (AvgIpc) is 2.71. The number of rotatable bonds is 5. The van der Waals surface area contributed by atoms with E-state index in [0.717, 1.165) is 0 Å². The largest absolute Gasteiger partial charge is 0.469 e. The van der Waals surface area contributed by atoms with Crippen molar-refractivity contribution < 1.29 is 19.1 Å². The van der Waals surface area contributed by atoms with Gasteiger partial charge in [-0.15, -0.1) is 6.58 Å². The first-order valence-electron chi connectivity index (χ1n) is 4.94. The maximum absolute atomic E-state index is 11.6. The minimum absolute atomic E-state index is 0.0644. The highest BCUT2D eigenvalue weighted by molar-refractivity contribution is 5.90. The molecule has 1 aromatic rings. The summed E-state index contributed by atoms with van der Waals surface area (Å²) in [6.07, 6.45) is 3.02. The third-order valence-electron chi connectivity index (χ3n) is 2.16. The van der Waals surface area contributed by atoms with E-state index in [4.69, 9.17) is 0 Å². The molecular formula is C11H14N2O4. The molecule has 1 rings (SSSR count). The van der Waals surface area contributed by atoms with Crippen molar-refractivity contribution in [3.63, 3.8) is 0 Å². The van der Waals surface area contributed by atoms with Crippen molar-refractivity contribution in [2.75, 3.05) is 14.2 Å². The molecule has 0 amide bonds. The summed E-state index contributed by atoms with van der Waals surface area (Å²) in [5.74, 6) is -0.998. The van der Waals surface area contributed by atoms with Gasteiger partial charge in [0, 0.05) is 6.54 Å². The molecule has 0 saturated carbocycles. The molecule has 0 saturated heterocycles. The van der Waals surface area contributed by atoms with Gasteiger partial charge in [0.25, 0.3) is 0 Å². The lowest BCUT2D eigenvalue weighted by molar-refractivity contribution is -0.139. The van der Waals surface area contributed by atoms with Crippen molar-refractivity contribution in [3.05, 3.63) is 30.4 Å². The Labute approximate surface area is 98.9 Å². The van der Waals surface area contributed by atoms with Gasteiger partial charge in [-0.2, -0.15) is 0 Å². The number of carbonyl (C=O) groups excluding carboxylic acids is 2. The number of aromatic nitrogens is 2. The second kappa shape index (κ2) is 5.83. The third-order valence-corrected chi connectivity index (χ3v) is 2.16. The molecule has 0 bridgehead atoms. The van der Waals surface area contributed by atoms with Gasteiger partial charge in [0.1, 0.15) is 0 Å². The molecule has 0 aromatic carbocycles. The lowest BCUT2D eigenvalue weighted by atomic mass is 10.2. The maximum Gasteiger partial charge on any atom is 0.356 e. The van der Waals surface area contributed by atoms with Gasteiger partial charge in [-0.05, 0) is 0 Å². The molecule has 0 aliphatic rings. The van der Waals surface area contributed by atoms with E-state index in [-0.39, 0.29) is 12.1 Å². The molecule has 1 aromatic heterocycles. The molecule has 92 valence electrons. The van der Waals surface area contributed by atoms with Crippen molar-refractivity contribution >= 4 is 11.9 Å². The van der Waals surface area contributed by atoms with Crippen LogP contribution in [0.15, 0.2) is 19.0 Å². The number of nitrogens with zero attached hydrogens (tertiary/aromatic N) is 2. The Morgan fingerprint density at radius 1 is 1.47 bits per heavy atom. The minimum Gasteiger partial charge on any atom is -0.469 e. The lowest BCUT2D eigenvalue weighted by Gasteiger charge is -2.05. The Kier molecular flexibility index (Phi) is 4.45. The summed E-state index contributed by atoms with van der Waals surface area (Å²) >= 11 is 0. The van der Waals surface area contributed by atoms with Gasteiger partial charge in [0.15, 0.2) is 5.69 Å². The summed E-state index contributed by atoms with van der Waals surface area (Å²) in [5.41, 5.74) is 0.586. The van der Waals surface area contributed by atoms with Crippen molar-refractivity contribution in [3.8, 4) is 0 Å². The molecule has 0 aliphatic heterocycles. The molecule has 0 spiro atoms. The number of allylic oxidation sites excluding steroid dienone is 1. The van der Waals surface area contributed by atoms with Crippen molar-refractivity contribution in [2.24, 2.45) is 0 Å². The van der Waals surface area contributed by atoms with Crippen LogP contribution in [0.1, 0.15) is 16.2 Å². The summed E-state index contributed by atoms with van der Waals surface area (Å²) in [6.45, 7) is 3.99. The van der Waals surface area contributed by atoms with Crippen LogP contribution in [0.5, 0.6) is 0 Å². The molecule has 0 atom stereocenters. The van der Waals surface area contributed by atoms with Gasteiger partial charge in [0.05, 0.1) is 32.7 Å². The van der Waals surface area contributed by atoms with Crippen LogP contribution in [0.25, 0.3) is 0 Å². The third kappa shape index (κ3) is 2.93. The molecule has 0 fully saturated rings. The summed E-state index contributed by atoms with van der Waals surface area (Å²) in [7, 11) is 2.55. The quantitative estimate of drug-likeness (QED) is 0.554. The first-order valence-corrected chi connectivity index (χ1v) is 4.94. The summed E-state index contributed by atoms with van der Waals surface area (Å²) < 4.78 is 10.7. The number of esters is 2. The fourth-order valence-corrected chi connectivity index (χ4v) is 1.37. The Hall–Kier alpha value is -2.11. The molecule has 17 heavy (non-hydrogen) atoms. The van der Waals surface area contributed by atoms with Crippen LogP contribution >= 0.6 is 0 Å². The SMILES string of the molecule is C=CCn1cnc(CC(=O)OC)c1C(=O)OC. The van der Waals surface area contributed by atoms with Crippen molar-refractivity contribution in [1.82, 2.24) is 9.55 Å². The normalized spacial score (nSPS) is 9.76.